The molecule has 1 aliphatic rings. The van der Waals surface area contributed by atoms with Crippen LogP contribution in [0.4, 0.5) is 8.78 Å². The molecular weight excluding hydrogens is 356 g/mol. The van der Waals surface area contributed by atoms with Crippen molar-refractivity contribution >= 4 is 5.91 Å². The molecule has 0 aliphatic heterocycles. The molecule has 0 bridgehead atoms. The normalized spacial score (nSPS) is 13.5. The Labute approximate surface area is 163 Å². The minimum atomic E-state index is -0.754. The highest BCUT2D eigenvalue weighted by Gasteiger charge is 2.23. The Hall–Kier alpha value is -3.01. The molecule has 3 aromatic rings. The number of primary amides is 1. The van der Waals surface area contributed by atoms with Crippen LogP contribution in [0.2, 0.25) is 0 Å². The molecule has 142 valence electrons. The van der Waals surface area contributed by atoms with Gasteiger partial charge >= 0.3 is 0 Å². The van der Waals surface area contributed by atoms with E-state index in [0.717, 1.165) is 47.9 Å². The second kappa shape index (κ2) is 7.55. The van der Waals surface area contributed by atoms with Crippen molar-refractivity contribution in [3.63, 3.8) is 0 Å². The van der Waals surface area contributed by atoms with Gasteiger partial charge in [0.1, 0.15) is 0 Å². The number of rotatable bonds is 5. The lowest BCUT2D eigenvalue weighted by atomic mass is 9.95. The lowest BCUT2D eigenvalue weighted by Gasteiger charge is -2.10. The summed E-state index contributed by atoms with van der Waals surface area (Å²) in [7, 11) is 0. The van der Waals surface area contributed by atoms with Crippen LogP contribution >= 0.6 is 0 Å². The third-order valence-corrected chi connectivity index (χ3v) is 5.54. The smallest absolute Gasteiger partial charge is 0.248 e. The molecule has 0 unspecified atom stereocenters. The lowest BCUT2D eigenvalue weighted by Crippen LogP contribution is -2.10. The Bertz CT molecular complexity index is 996. The first-order valence-electron chi connectivity index (χ1n) is 9.45. The largest absolute Gasteiger partial charge is 0.366 e. The number of nitrogens with two attached hydrogens (primary N) is 1. The van der Waals surface area contributed by atoms with E-state index in [9.17, 15) is 13.6 Å². The van der Waals surface area contributed by atoms with Crippen LogP contribution < -0.4 is 5.73 Å². The van der Waals surface area contributed by atoms with Crippen molar-refractivity contribution in [2.24, 2.45) is 11.7 Å². The highest BCUT2D eigenvalue weighted by Crippen LogP contribution is 2.31. The number of carbonyl (C=O) groups excluding carboxylic acids is 1. The molecule has 0 saturated carbocycles. The van der Waals surface area contributed by atoms with E-state index in [2.05, 4.69) is 12.1 Å². The van der Waals surface area contributed by atoms with Gasteiger partial charge in [-0.3, -0.25) is 4.79 Å². The summed E-state index contributed by atoms with van der Waals surface area (Å²) in [5.74, 6) is -1.52. The van der Waals surface area contributed by atoms with Crippen molar-refractivity contribution in [1.29, 1.82) is 0 Å². The third-order valence-electron chi connectivity index (χ3n) is 5.54. The van der Waals surface area contributed by atoms with Gasteiger partial charge in [0, 0.05) is 5.56 Å². The summed E-state index contributed by atoms with van der Waals surface area (Å²) in [5.41, 5.74) is 10.9. The molecule has 0 aromatic heterocycles. The van der Waals surface area contributed by atoms with Gasteiger partial charge in [0.2, 0.25) is 5.91 Å². The molecule has 4 rings (SSSR count). The second-order valence-corrected chi connectivity index (χ2v) is 7.49. The minimum Gasteiger partial charge on any atom is -0.366 e. The zero-order chi connectivity index (χ0) is 19.7. The lowest BCUT2D eigenvalue weighted by molar-refractivity contribution is 0.100. The fourth-order valence-corrected chi connectivity index (χ4v) is 3.99. The number of amides is 1. The van der Waals surface area contributed by atoms with E-state index in [1.807, 2.05) is 24.3 Å². The Balaban J connectivity index is 1.39. The van der Waals surface area contributed by atoms with Crippen LogP contribution in [0.5, 0.6) is 0 Å². The maximum absolute atomic E-state index is 13.4. The van der Waals surface area contributed by atoms with Crippen molar-refractivity contribution < 1.29 is 13.6 Å². The number of aryl methyl sites for hydroxylation is 1. The van der Waals surface area contributed by atoms with Crippen molar-refractivity contribution in [2.45, 2.75) is 25.7 Å². The maximum atomic E-state index is 13.4. The van der Waals surface area contributed by atoms with Crippen LogP contribution in [-0.4, -0.2) is 5.91 Å². The highest BCUT2D eigenvalue weighted by atomic mass is 19.2. The molecule has 3 aromatic carbocycles. The van der Waals surface area contributed by atoms with Gasteiger partial charge in [0.25, 0.3) is 0 Å². The van der Waals surface area contributed by atoms with Gasteiger partial charge in [-0.1, -0.05) is 36.4 Å². The Kier molecular flexibility index (Phi) is 4.95. The van der Waals surface area contributed by atoms with E-state index in [1.165, 1.54) is 17.7 Å². The molecule has 2 N–H and O–H groups in total. The average Bonchev–Trinajstić information content (AvgIpc) is 3.09. The Morgan fingerprint density at radius 1 is 0.893 bits per heavy atom. The first kappa shape index (κ1) is 18.4. The standard InChI is InChI=1S/C24H21F2NO/c25-22-13-20-10-16(11-21(20)14-23(22)26)5-4-15-6-8-17(9-7-15)18-2-1-3-19(12-18)24(27)28/h1-3,6-9,12-14,16H,4-5,10-11H2,(H2,27,28). The third kappa shape index (κ3) is 3.81. The number of benzene rings is 3. The van der Waals surface area contributed by atoms with Gasteiger partial charge in [-0.2, -0.15) is 0 Å². The van der Waals surface area contributed by atoms with E-state index in [1.54, 1.807) is 12.1 Å². The van der Waals surface area contributed by atoms with Crippen LogP contribution in [0, 0.1) is 17.6 Å². The molecular formula is C24H21F2NO. The van der Waals surface area contributed by atoms with Crippen molar-refractivity contribution in [3.8, 4) is 11.1 Å². The average molecular weight is 377 g/mol. The number of halogens is 2. The van der Waals surface area contributed by atoms with E-state index in [0.29, 0.717) is 11.5 Å². The van der Waals surface area contributed by atoms with Crippen LogP contribution in [0.1, 0.15) is 33.5 Å². The van der Waals surface area contributed by atoms with Gasteiger partial charge in [-0.25, -0.2) is 8.78 Å². The summed E-state index contributed by atoms with van der Waals surface area (Å²) < 4.78 is 26.8. The molecule has 0 saturated heterocycles. The second-order valence-electron chi connectivity index (χ2n) is 7.49. The first-order chi connectivity index (χ1) is 13.5. The molecule has 0 radical (unpaired) electrons. The molecule has 0 atom stereocenters. The van der Waals surface area contributed by atoms with Gasteiger partial charge in [0.15, 0.2) is 11.6 Å². The summed E-state index contributed by atoms with van der Waals surface area (Å²) >= 11 is 0. The van der Waals surface area contributed by atoms with Gasteiger partial charge < -0.3 is 5.73 Å². The number of hydrogen-bond donors (Lipinski definition) is 1. The number of hydrogen-bond acceptors (Lipinski definition) is 1. The highest BCUT2D eigenvalue weighted by molar-refractivity contribution is 5.94. The van der Waals surface area contributed by atoms with Crippen LogP contribution in [0.25, 0.3) is 11.1 Å². The Morgan fingerprint density at radius 3 is 2.14 bits per heavy atom. The quantitative estimate of drug-likeness (QED) is 0.662. The van der Waals surface area contributed by atoms with Crippen molar-refractivity contribution in [3.05, 3.63) is 94.6 Å². The summed E-state index contributed by atoms with van der Waals surface area (Å²) in [6, 6.07) is 18.2. The maximum Gasteiger partial charge on any atom is 0.248 e. The van der Waals surface area contributed by atoms with Gasteiger partial charge in [-0.15, -0.1) is 0 Å². The predicted octanol–water partition coefficient (Wildman–Crippen LogP) is 5.08. The van der Waals surface area contributed by atoms with E-state index in [-0.39, 0.29) is 0 Å². The van der Waals surface area contributed by atoms with E-state index >= 15 is 0 Å². The first-order valence-corrected chi connectivity index (χ1v) is 9.45. The van der Waals surface area contributed by atoms with Gasteiger partial charge in [0.05, 0.1) is 0 Å². The van der Waals surface area contributed by atoms with Crippen LogP contribution in [-0.2, 0) is 19.3 Å². The van der Waals surface area contributed by atoms with Crippen LogP contribution in [0.15, 0.2) is 60.7 Å². The zero-order valence-corrected chi connectivity index (χ0v) is 15.4. The summed E-state index contributed by atoms with van der Waals surface area (Å²) in [5, 5.41) is 0. The topological polar surface area (TPSA) is 43.1 Å². The predicted molar refractivity (Wildman–Crippen MR) is 106 cm³/mol. The molecule has 4 heteroatoms. The molecule has 28 heavy (non-hydrogen) atoms. The summed E-state index contributed by atoms with van der Waals surface area (Å²) in [6.07, 6.45) is 3.52. The minimum absolute atomic E-state index is 0.420. The zero-order valence-electron chi connectivity index (χ0n) is 15.4. The fourth-order valence-electron chi connectivity index (χ4n) is 3.99. The number of carbonyl (C=O) groups is 1. The molecule has 1 amide bonds. The molecule has 0 spiro atoms. The molecule has 0 fully saturated rings. The monoisotopic (exact) mass is 377 g/mol. The number of fused-ring (bicyclic) bond motifs is 1. The molecule has 0 heterocycles. The van der Waals surface area contributed by atoms with Gasteiger partial charge in [-0.05, 0) is 83.7 Å². The SMILES string of the molecule is NC(=O)c1cccc(-c2ccc(CCC3Cc4cc(F)c(F)cc4C3)cc2)c1. The van der Waals surface area contributed by atoms with Crippen molar-refractivity contribution in [2.75, 3.05) is 0 Å². The van der Waals surface area contributed by atoms with E-state index in [4.69, 9.17) is 5.73 Å². The summed E-state index contributed by atoms with van der Waals surface area (Å²) in [4.78, 5) is 11.3. The summed E-state index contributed by atoms with van der Waals surface area (Å²) in [6.45, 7) is 0. The van der Waals surface area contributed by atoms with Crippen molar-refractivity contribution in [1.82, 2.24) is 0 Å². The van der Waals surface area contributed by atoms with Crippen LogP contribution in [0.3, 0.4) is 0 Å². The van der Waals surface area contributed by atoms with E-state index < -0.39 is 17.5 Å². The fraction of sp³-hybridized carbons (Fsp3) is 0.208. The molecule has 2 nitrogen and oxygen atoms in total. The molecule has 1 aliphatic carbocycles. The Morgan fingerprint density at radius 2 is 1.54 bits per heavy atom.